The van der Waals surface area contributed by atoms with Crippen molar-refractivity contribution >= 4 is 20.9 Å². The Kier molecular flexibility index (Phi) is 4.13. The molecule has 1 atom stereocenters. The second-order valence-electron chi connectivity index (χ2n) is 4.47. The molecular formula is C14H15FO4S. The standard InChI is InChI=1S/C14H15FO4S/c1-2-3-14(15)20(17,18)19-13-7-5-10-4-6-12(16)8-11(10)9-13/h4-9,14,16H,2-3H2,1H3. The molecule has 0 aromatic heterocycles. The SMILES string of the molecule is CCCC(F)S(=O)(=O)Oc1ccc2ccc(O)cc2c1. The molecule has 0 aliphatic rings. The number of phenols is 1. The first-order chi connectivity index (χ1) is 9.42. The second kappa shape index (κ2) is 5.66. The summed E-state index contributed by atoms with van der Waals surface area (Å²) in [7, 11) is -4.28. The van der Waals surface area contributed by atoms with Gasteiger partial charge in [-0.2, -0.15) is 8.42 Å². The first kappa shape index (κ1) is 14.6. The number of fused-ring (bicyclic) bond motifs is 1. The van der Waals surface area contributed by atoms with Crippen LogP contribution in [0.3, 0.4) is 0 Å². The van der Waals surface area contributed by atoms with Crippen LogP contribution < -0.4 is 4.18 Å². The molecule has 0 bridgehead atoms. The molecule has 2 rings (SSSR count). The van der Waals surface area contributed by atoms with E-state index < -0.39 is 15.6 Å². The van der Waals surface area contributed by atoms with Gasteiger partial charge in [0.25, 0.3) is 0 Å². The fraction of sp³-hybridized carbons (Fsp3) is 0.286. The number of hydrogen-bond acceptors (Lipinski definition) is 4. The fourth-order valence-corrected chi connectivity index (χ4v) is 2.82. The molecule has 0 aliphatic carbocycles. The maximum Gasteiger partial charge on any atom is 0.341 e. The Morgan fingerprint density at radius 3 is 2.60 bits per heavy atom. The highest BCUT2D eigenvalue weighted by Gasteiger charge is 2.26. The predicted octanol–water partition coefficient (Wildman–Crippen LogP) is 3.35. The lowest BCUT2D eigenvalue weighted by Crippen LogP contribution is -2.21. The van der Waals surface area contributed by atoms with Crippen molar-refractivity contribution in [2.45, 2.75) is 25.3 Å². The van der Waals surface area contributed by atoms with Gasteiger partial charge < -0.3 is 9.29 Å². The summed E-state index contributed by atoms with van der Waals surface area (Å²) in [6.45, 7) is 1.70. The number of phenolic OH excluding ortho intramolecular Hbond substituents is 1. The van der Waals surface area contributed by atoms with Crippen molar-refractivity contribution in [1.29, 1.82) is 0 Å². The Morgan fingerprint density at radius 1 is 1.20 bits per heavy atom. The van der Waals surface area contributed by atoms with Crippen molar-refractivity contribution in [3.05, 3.63) is 36.4 Å². The van der Waals surface area contributed by atoms with Gasteiger partial charge in [0.2, 0.25) is 5.50 Å². The zero-order valence-corrected chi connectivity index (χ0v) is 11.7. The number of rotatable bonds is 5. The Balaban J connectivity index is 2.30. The van der Waals surface area contributed by atoms with E-state index in [1.807, 2.05) is 0 Å². The molecule has 20 heavy (non-hydrogen) atoms. The van der Waals surface area contributed by atoms with Crippen LogP contribution in [-0.4, -0.2) is 19.0 Å². The first-order valence-electron chi connectivity index (χ1n) is 6.22. The zero-order chi connectivity index (χ0) is 14.8. The summed E-state index contributed by atoms with van der Waals surface area (Å²) in [5, 5.41) is 10.8. The fourth-order valence-electron chi connectivity index (χ4n) is 1.82. The monoisotopic (exact) mass is 298 g/mol. The van der Waals surface area contributed by atoms with Gasteiger partial charge >= 0.3 is 10.1 Å². The molecular weight excluding hydrogens is 283 g/mol. The van der Waals surface area contributed by atoms with Gasteiger partial charge in [-0.25, -0.2) is 4.39 Å². The predicted molar refractivity (Wildman–Crippen MR) is 75.0 cm³/mol. The number of hydrogen-bond donors (Lipinski definition) is 1. The van der Waals surface area contributed by atoms with Crippen LogP contribution in [0.15, 0.2) is 36.4 Å². The summed E-state index contributed by atoms with van der Waals surface area (Å²) in [4.78, 5) is 0. The largest absolute Gasteiger partial charge is 0.508 e. The van der Waals surface area contributed by atoms with Crippen LogP contribution in [0.2, 0.25) is 0 Å². The van der Waals surface area contributed by atoms with Crippen LogP contribution in [0.1, 0.15) is 19.8 Å². The Labute approximate surface area is 116 Å². The number of halogens is 1. The van der Waals surface area contributed by atoms with Gasteiger partial charge in [-0.1, -0.05) is 25.5 Å². The van der Waals surface area contributed by atoms with E-state index in [4.69, 9.17) is 4.18 Å². The molecule has 0 saturated heterocycles. The highest BCUT2D eigenvalue weighted by Crippen LogP contribution is 2.26. The summed E-state index contributed by atoms with van der Waals surface area (Å²) >= 11 is 0. The highest BCUT2D eigenvalue weighted by atomic mass is 32.2. The number of benzene rings is 2. The lowest BCUT2D eigenvalue weighted by atomic mass is 10.1. The Bertz CT molecular complexity index is 712. The molecule has 0 radical (unpaired) electrons. The van der Waals surface area contributed by atoms with Gasteiger partial charge in [-0.3, -0.25) is 0 Å². The highest BCUT2D eigenvalue weighted by molar-refractivity contribution is 7.87. The Morgan fingerprint density at radius 2 is 1.90 bits per heavy atom. The van der Waals surface area contributed by atoms with Crippen LogP contribution in [0, 0.1) is 0 Å². The summed E-state index contributed by atoms with van der Waals surface area (Å²) in [6, 6.07) is 9.25. The first-order valence-corrected chi connectivity index (χ1v) is 7.69. The quantitative estimate of drug-likeness (QED) is 0.860. The van der Waals surface area contributed by atoms with Crippen molar-refractivity contribution < 1.29 is 22.1 Å². The van der Waals surface area contributed by atoms with E-state index in [0.717, 1.165) is 5.39 Å². The minimum absolute atomic E-state index is 0.0295. The third-order valence-electron chi connectivity index (χ3n) is 2.84. The van der Waals surface area contributed by atoms with E-state index in [-0.39, 0.29) is 17.9 Å². The molecule has 2 aromatic carbocycles. The van der Waals surface area contributed by atoms with Gasteiger partial charge in [0.1, 0.15) is 11.5 Å². The summed E-state index contributed by atoms with van der Waals surface area (Å²) in [5.74, 6) is 0.0914. The molecule has 0 aliphatic heterocycles. The summed E-state index contributed by atoms with van der Waals surface area (Å²) in [6.07, 6.45) is 0.312. The number of aromatic hydroxyl groups is 1. The number of alkyl halides is 1. The van der Waals surface area contributed by atoms with E-state index in [2.05, 4.69) is 0 Å². The van der Waals surface area contributed by atoms with Crippen molar-refractivity contribution in [3.8, 4) is 11.5 Å². The minimum atomic E-state index is -4.28. The molecule has 108 valence electrons. The topological polar surface area (TPSA) is 63.6 Å². The van der Waals surface area contributed by atoms with Crippen LogP contribution in [0.25, 0.3) is 10.8 Å². The summed E-state index contributed by atoms with van der Waals surface area (Å²) in [5.41, 5.74) is -2.03. The average molecular weight is 298 g/mol. The van der Waals surface area contributed by atoms with Gasteiger partial charge in [0, 0.05) is 0 Å². The van der Waals surface area contributed by atoms with E-state index in [1.165, 1.54) is 24.3 Å². The molecule has 4 nitrogen and oxygen atoms in total. The zero-order valence-electron chi connectivity index (χ0n) is 10.9. The van der Waals surface area contributed by atoms with Crippen LogP contribution >= 0.6 is 0 Å². The van der Waals surface area contributed by atoms with Crippen LogP contribution in [0.4, 0.5) is 4.39 Å². The van der Waals surface area contributed by atoms with Crippen molar-refractivity contribution in [1.82, 2.24) is 0 Å². The molecule has 0 saturated carbocycles. The average Bonchev–Trinajstić information content (AvgIpc) is 2.38. The van der Waals surface area contributed by atoms with E-state index in [0.29, 0.717) is 11.8 Å². The molecule has 0 heterocycles. The van der Waals surface area contributed by atoms with Crippen LogP contribution in [-0.2, 0) is 10.1 Å². The molecule has 0 spiro atoms. The van der Waals surface area contributed by atoms with E-state index in [1.54, 1.807) is 19.1 Å². The molecule has 6 heteroatoms. The maximum atomic E-state index is 13.5. The van der Waals surface area contributed by atoms with E-state index >= 15 is 0 Å². The van der Waals surface area contributed by atoms with Crippen molar-refractivity contribution in [2.75, 3.05) is 0 Å². The molecule has 0 amide bonds. The Hall–Kier alpha value is -1.82. The van der Waals surface area contributed by atoms with Gasteiger partial charge in [-0.15, -0.1) is 0 Å². The van der Waals surface area contributed by atoms with Gasteiger partial charge in [-0.05, 0) is 41.5 Å². The smallest absolute Gasteiger partial charge is 0.341 e. The van der Waals surface area contributed by atoms with Crippen LogP contribution in [0.5, 0.6) is 11.5 Å². The molecule has 0 fully saturated rings. The molecule has 2 aromatic rings. The van der Waals surface area contributed by atoms with Crippen molar-refractivity contribution in [2.24, 2.45) is 0 Å². The van der Waals surface area contributed by atoms with Crippen molar-refractivity contribution in [3.63, 3.8) is 0 Å². The lowest BCUT2D eigenvalue weighted by molar-refractivity contribution is 0.360. The third-order valence-corrected chi connectivity index (χ3v) is 4.12. The summed E-state index contributed by atoms with van der Waals surface area (Å²) < 4.78 is 41.6. The minimum Gasteiger partial charge on any atom is -0.508 e. The normalized spacial score (nSPS) is 13.3. The lowest BCUT2D eigenvalue weighted by Gasteiger charge is -2.11. The second-order valence-corrected chi connectivity index (χ2v) is 6.13. The molecule has 1 unspecified atom stereocenters. The van der Waals surface area contributed by atoms with Gasteiger partial charge in [0.05, 0.1) is 0 Å². The molecule has 1 N–H and O–H groups in total. The maximum absolute atomic E-state index is 13.5. The van der Waals surface area contributed by atoms with E-state index in [9.17, 15) is 17.9 Å². The third kappa shape index (κ3) is 3.19. The van der Waals surface area contributed by atoms with Gasteiger partial charge in [0.15, 0.2) is 0 Å².